The first-order valence-corrected chi connectivity index (χ1v) is 14.3. The zero-order valence-electron chi connectivity index (χ0n) is 23.3. The van der Waals surface area contributed by atoms with Gasteiger partial charge in [0.05, 0.1) is 16.5 Å². The first-order valence-electron chi connectivity index (χ1n) is 13.4. The van der Waals surface area contributed by atoms with Crippen molar-refractivity contribution in [3.05, 3.63) is 131 Å². The summed E-state index contributed by atoms with van der Waals surface area (Å²) in [5.41, 5.74) is -0.234. The maximum Gasteiger partial charge on any atom is 0.418 e. The van der Waals surface area contributed by atoms with Crippen LogP contribution in [0, 0.1) is 5.82 Å². The summed E-state index contributed by atoms with van der Waals surface area (Å²) in [5, 5.41) is 6.98. The van der Waals surface area contributed by atoms with E-state index in [4.69, 9.17) is 0 Å². The molecular formula is C33H27F4N3O3S. The number of carbonyl (C=O) groups excluding carboxylic acids is 3. The van der Waals surface area contributed by atoms with Crippen LogP contribution in [0.2, 0.25) is 0 Å². The van der Waals surface area contributed by atoms with Gasteiger partial charge in [-0.3, -0.25) is 14.4 Å². The Morgan fingerprint density at radius 3 is 2.20 bits per heavy atom. The number of thioether (sulfide) groups is 1. The molecule has 0 saturated heterocycles. The number of hydrogen-bond acceptors (Lipinski definition) is 4. The minimum Gasteiger partial charge on any atom is -0.325 e. The highest BCUT2D eigenvalue weighted by Crippen LogP contribution is 2.35. The molecule has 4 rings (SSSR count). The van der Waals surface area contributed by atoms with Crippen molar-refractivity contribution in [1.29, 1.82) is 0 Å². The Morgan fingerprint density at radius 2 is 1.52 bits per heavy atom. The third-order valence-corrected chi connectivity index (χ3v) is 7.59. The van der Waals surface area contributed by atoms with Crippen molar-refractivity contribution in [2.45, 2.75) is 29.7 Å². The minimum absolute atomic E-state index is 0.0994. The molecule has 1 atom stereocenters. The third kappa shape index (κ3) is 8.81. The monoisotopic (exact) mass is 621 g/mol. The standard InChI is InChI=1S/C33H27F4N3O3S/c1-2-29(32(43)39-27-14-7-6-13-26(27)33(35,36)37)44-25-12-8-11-24(20-25)38-31(42)28(19-21-15-17-23(34)18-16-21)40-30(41)22-9-4-3-5-10-22/h3-20,29H,2H2,1H3,(H,38,42)(H,39,43)(H,40,41)/b28-19+. The van der Waals surface area contributed by atoms with E-state index >= 15 is 0 Å². The highest BCUT2D eigenvalue weighted by molar-refractivity contribution is 8.00. The molecule has 0 heterocycles. The Hall–Kier alpha value is -4.90. The Balaban J connectivity index is 1.50. The molecule has 0 aliphatic carbocycles. The van der Waals surface area contributed by atoms with Gasteiger partial charge in [0.25, 0.3) is 11.8 Å². The van der Waals surface area contributed by atoms with Crippen molar-refractivity contribution in [1.82, 2.24) is 5.32 Å². The molecule has 0 radical (unpaired) electrons. The molecule has 0 aliphatic rings. The van der Waals surface area contributed by atoms with Crippen molar-refractivity contribution in [3.63, 3.8) is 0 Å². The molecule has 0 fully saturated rings. The van der Waals surface area contributed by atoms with Gasteiger partial charge in [-0.15, -0.1) is 11.8 Å². The van der Waals surface area contributed by atoms with Crippen LogP contribution in [0.1, 0.15) is 34.8 Å². The second-order valence-electron chi connectivity index (χ2n) is 9.46. The van der Waals surface area contributed by atoms with Gasteiger partial charge in [-0.1, -0.05) is 55.5 Å². The molecule has 226 valence electrons. The lowest BCUT2D eigenvalue weighted by Gasteiger charge is -2.18. The highest BCUT2D eigenvalue weighted by atomic mass is 32.2. The van der Waals surface area contributed by atoms with E-state index in [1.165, 1.54) is 48.5 Å². The first kappa shape index (κ1) is 32.0. The van der Waals surface area contributed by atoms with E-state index < -0.39 is 40.5 Å². The summed E-state index contributed by atoms with van der Waals surface area (Å²) in [4.78, 5) is 39.7. The maximum atomic E-state index is 13.4. The van der Waals surface area contributed by atoms with Crippen LogP contribution in [0.15, 0.2) is 114 Å². The van der Waals surface area contributed by atoms with Gasteiger partial charge >= 0.3 is 6.18 Å². The van der Waals surface area contributed by atoms with Crippen LogP contribution in [0.5, 0.6) is 0 Å². The van der Waals surface area contributed by atoms with Crippen LogP contribution in [0.3, 0.4) is 0 Å². The van der Waals surface area contributed by atoms with Gasteiger partial charge in [0.1, 0.15) is 11.5 Å². The van der Waals surface area contributed by atoms with E-state index in [0.717, 1.165) is 17.8 Å². The van der Waals surface area contributed by atoms with Gasteiger partial charge in [0.2, 0.25) is 5.91 Å². The van der Waals surface area contributed by atoms with Crippen molar-refractivity contribution < 1.29 is 31.9 Å². The molecule has 4 aromatic rings. The van der Waals surface area contributed by atoms with Crippen LogP contribution in [-0.4, -0.2) is 23.0 Å². The number of rotatable bonds is 10. The van der Waals surface area contributed by atoms with Crippen LogP contribution < -0.4 is 16.0 Å². The normalized spacial score (nSPS) is 12.2. The molecule has 4 aromatic carbocycles. The summed E-state index contributed by atoms with van der Waals surface area (Å²) in [5.74, 6) is -2.24. The number of benzene rings is 4. The highest BCUT2D eigenvalue weighted by Gasteiger charge is 2.34. The molecular weight excluding hydrogens is 594 g/mol. The molecule has 6 nitrogen and oxygen atoms in total. The van der Waals surface area contributed by atoms with Crippen molar-refractivity contribution in [3.8, 4) is 0 Å². The van der Waals surface area contributed by atoms with Crippen molar-refractivity contribution >= 4 is 46.9 Å². The van der Waals surface area contributed by atoms with Gasteiger partial charge in [-0.2, -0.15) is 13.2 Å². The van der Waals surface area contributed by atoms with Gasteiger partial charge in [0.15, 0.2) is 0 Å². The molecule has 11 heteroatoms. The smallest absolute Gasteiger partial charge is 0.325 e. The summed E-state index contributed by atoms with van der Waals surface area (Å²) >= 11 is 1.13. The maximum absolute atomic E-state index is 13.4. The van der Waals surface area contributed by atoms with Crippen molar-refractivity contribution in [2.24, 2.45) is 0 Å². The number of carbonyl (C=O) groups is 3. The van der Waals surface area contributed by atoms with E-state index in [-0.39, 0.29) is 11.4 Å². The van der Waals surface area contributed by atoms with Crippen LogP contribution in [-0.2, 0) is 15.8 Å². The van der Waals surface area contributed by atoms with E-state index in [1.54, 1.807) is 61.5 Å². The summed E-state index contributed by atoms with van der Waals surface area (Å²) in [6.45, 7) is 1.74. The summed E-state index contributed by atoms with van der Waals surface area (Å²) in [6, 6.07) is 25.0. The number of para-hydroxylation sites is 1. The van der Waals surface area contributed by atoms with Crippen LogP contribution >= 0.6 is 11.8 Å². The van der Waals surface area contributed by atoms with Crippen LogP contribution in [0.4, 0.5) is 28.9 Å². The fourth-order valence-corrected chi connectivity index (χ4v) is 5.07. The lowest BCUT2D eigenvalue weighted by Crippen LogP contribution is -2.30. The largest absolute Gasteiger partial charge is 0.418 e. The molecule has 3 N–H and O–H groups in total. The first-order chi connectivity index (χ1) is 21.0. The quantitative estimate of drug-likeness (QED) is 0.0960. The predicted octanol–water partition coefficient (Wildman–Crippen LogP) is 7.76. The molecule has 3 amide bonds. The second-order valence-corrected chi connectivity index (χ2v) is 10.7. The van der Waals surface area contributed by atoms with Gasteiger partial charge in [0, 0.05) is 16.1 Å². The molecule has 0 aliphatic heterocycles. The van der Waals surface area contributed by atoms with Crippen molar-refractivity contribution in [2.75, 3.05) is 10.6 Å². The number of amides is 3. The molecule has 0 saturated carbocycles. The predicted molar refractivity (Wildman–Crippen MR) is 163 cm³/mol. The van der Waals surface area contributed by atoms with Crippen LogP contribution in [0.25, 0.3) is 6.08 Å². The fraction of sp³-hybridized carbons (Fsp3) is 0.121. The van der Waals surface area contributed by atoms with Gasteiger partial charge < -0.3 is 16.0 Å². The lowest BCUT2D eigenvalue weighted by atomic mass is 10.1. The zero-order chi connectivity index (χ0) is 31.7. The number of anilines is 2. The Labute approximate surface area is 255 Å². The average molecular weight is 622 g/mol. The number of alkyl halides is 3. The summed E-state index contributed by atoms with van der Waals surface area (Å²) in [7, 11) is 0. The number of halogens is 4. The fourth-order valence-electron chi connectivity index (χ4n) is 4.05. The summed E-state index contributed by atoms with van der Waals surface area (Å²) in [6.07, 6.45) is -2.91. The zero-order valence-corrected chi connectivity index (χ0v) is 24.1. The van der Waals surface area contributed by atoms with Gasteiger partial charge in [-0.25, -0.2) is 4.39 Å². The van der Waals surface area contributed by atoms with E-state index in [1.807, 2.05) is 0 Å². The Kier molecular flexibility index (Phi) is 10.6. The van der Waals surface area contributed by atoms with E-state index in [9.17, 15) is 31.9 Å². The molecule has 44 heavy (non-hydrogen) atoms. The molecule has 1 unspecified atom stereocenters. The Bertz CT molecular complexity index is 1660. The SMILES string of the molecule is CCC(Sc1cccc(NC(=O)/C(=C\c2ccc(F)cc2)NC(=O)c2ccccc2)c1)C(=O)Nc1ccccc1C(F)(F)F. The van der Waals surface area contributed by atoms with Gasteiger partial charge in [-0.05, 0) is 72.7 Å². The molecule has 0 spiro atoms. The second kappa shape index (κ2) is 14.5. The third-order valence-electron chi connectivity index (χ3n) is 6.23. The minimum atomic E-state index is -4.63. The Morgan fingerprint density at radius 1 is 0.841 bits per heavy atom. The topological polar surface area (TPSA) is 87.3 Å². The van der Waals surface area contributed by atoms with E-state index in [0.29, 0.717) is 28.1 Å². The van der Waals surface area contributed by atoms with E-state index in [2.05, 4.69) is 16.0 Å². The molecule has 0 aromatic heterocycles. The average Bonchev–Trinajstić information content (AvgIpc) is 3.00. The number of nitrogens with one attached hydrogen (secondary N) is 3. The number of hydrogen-bond donors (Lipinski definition) is 3. The molecule has 0 bridgehead atoms. The lowest BCUT2D eigenvalue weighted by molar-refractivity contribution is -0.137. The summed E-state index contributed by atoms with van der Waals surface area (Å²) < 4.78 is 53.6.